The van der Waals surface area contributed by atoms with E-state index in [-0.39, 0.29) is 30.4 Å². The molecule has 6 heteroatoms. The van der Waals surface area contributed by atoms with Crippen LogP contribution in [0.2, 0.25) is 5.02 Å². The Balaban J connectivity index is 1.83. The van der Waals surface area contributed by atoms with Crippen LogP contribution < -0.4 is 14.8 Å². The molecule has 2 aromatic carbocycles. The summed E-state index contributed by atoms with van der Waals surface area (Å²) in [7, 11) is 1.37. The van der Waals surface area contributed by atoms with Gasteiger partial charge in [-0.1, -0.05) is 23.7 Å². The van der Waals surface area contributed by atoms with Crippen molar-refractivity contribution in [3.63, 3.8) is 0 Å². The highest BCUT2D eigenvalue weighted by atomic mass is 35.5. The van der Waals surface area contributed by atoms with Gasteiger partial charge in [-0.05, 0) is 30.3 Å². The number of benzene rings is 2. The maximum atomic E-state index is 13.5. The van der Waals surface area contributed by atoms with E-state index in [0.29, 0.717) is 10.8 Å². The minimum atomic E-state index is -0.581. The van der Waals surface area contributed by atoms with Crippen molar-refractivity contribution in [1.82, 2.24) is 5.32 Å². The molecule has 0 aliphatic carbocycles. The topological polar surface area (TPSA) is 47.6 Å². The standard InChI is InChI=1S/C16H15ClFNO3/c1-21-15-7-6-11(10-13(15)18)16(20)19-8-9-22-14-5-3-2-4-12(14)17/h2-7,10H,8-9H2,1H3,(H,19,20). The van der Waals surface area contributed by atoms with Crippen LogP contribution in [0.4, 0.5) is 4.39 Å². The van der Waals surface area contributed by atoms with Crippen molar-refractivity contribution in [1.29, 1.82) is 0 Å². The molecule has 22 heavy (non-hydrogen) atoms. The van der Waals surface area contributed by atoms with E-state index >= 15 is 0 Å². The molecule has 2 aromatic rings. The zero-order valence-electron chi connectivity index (χ0n) is 11.9. The lowest BCUT2D eigenvalue weighted by Gasteiger charge is -2.09. The first-order valence-corrected chi connectivity index (χ1v) is 6.98. The maximum absolute atomic E-state index is 13.5. The number of nitrogens with one attached hydrogen (secondary N) is 1. The van der Waals surface area contributed by atoms with Gasteiger partial charge in [-0.25, -0.2) is 4.39 Å². The molecule has 0 aromatic heterocycles. The van der Waals surface area contributed by atoms with Gasteiger partial charge in [0.05, 0.1) is 18.7 Å². The summed E-state index contributed by atoms with van der Waals surface area (Å²) >= 11 is 5.94. The third-order valence-corrected chi connectivity index (χ3v) is 3.21. The van der Waals surface area contributed by atoms with E-state index in [1.165, 1.54) is 19.2 Å². The summed E-state index contributed by atoms with van der Waals surface area (Å²) in [6, 6.07) is 11.1. The lowest BCUT2D eigenvalue weighted by molar-refractivity contribution is 0.0946. The van der Waals surface area contributed by atoms with Gasteiger partial charge in [0.1, 0.15) is 12.4 Å². The van der Waals surface area contributed by atoms with Crippen molar-refractivity contribution in [2.24, 2.45) is 0 Å². The van der Waals surface area contributed by atoms with Gasteiger partial charge in [0, 0.05) is 5.56 Å². The SMILES string of the molecule is COc1ccc(C(=O)NCCOc2ccccc2Cl)cc1F. The van der Waals surface area contributed by atoms with Crippen molar-refractivity contribution in [3.8, 4) is 11.5 Å². The molecule has 0 saturated heterocycles. The fraction of sp³-hybridized carbons (Fsp3) is 0.188. The number of hydrogen-bond donors (Lipinski definition) is 1. The van der Waals surface area contributed by atoms with Crippen LogP contribution >= 0.6 is 11.6 Å². The second-order valence-corrected chi connectivity index (χ2v) is 4.79. The van der Waals surface area contributed by atoms with Crippen molar-refractivity contribution in [3.05, 3.63) is 58.9 Å². The lowest BCUT2D eigenvalue weighted by atomic mass is 10.2. The van der Waals surface area contributed by atoms with E-state index in [9.17, 15) is 9.18 Å². The molecule has 1 N–H and O–H groups in total. The van der Waals surface area contributed by atoms with Crippen LogP contribution in [0.5, 0.6) is 11.5 Å². The summed E-state index contributed by atoms with van der Waals surface area (Å²) in [4.78, 5) is 11.9. The average Bonchev–Trinajstić information content (AvgIpc) is 2.52. The maximum Gasteiger partial charge on any atom is 0.251 e. The lowest BCUT2D eigenvalue weighted by Crippen LogP contribution is -2.28. The van der Waals surface area contributed by atoms with Gasteiger partial charge in [-0.2, -0.15) is 0 Å². The second-order valence-electron chi connectivity index (χ2n) is 4.38. The normalized spacial score (nSPS) is 10.1. The van der Waals surface area contributed by atoms with E-state index < -0.39 is 5.82 Å². The molecule has 0 aliphatic rings. The van der Waals surface area contributed by atoms with Gasteiger partial charge < -0.3 is 14.8 Å². The number of para-hydroxylation sites is 1. The largest absolute Gasteiger partial charge is 0.494 e. The van der Waals surface area contributed by atoms with Crippen molar-refractivity contribution < 1.29 is 18.7 Å². The molecule has 0 unspecified atom stereocenters. The summed E-state index contributed by atoms with van der Waals surface area (Å²) in [5, 5.41) is 3.14. The van der Waals surface area contributed by atoms with E-state index in [0.717, 1.165) is 6.07 Å². The molecule has 2 rings (SSSR count). The first kappa shape index (κ1) is 16.1. The molecule has 0 bridgehead atoms. The van der Waals surface area contributed by atoms with Crippen LogP contribution in [0.15, 0.2) is 42.5 Å². The van der Waals surface area contributed by atoms with Crippen molar-refractivity contribution >= 4 is 17.5 Å². The minimum Gasteiger partial charge on any atom is -0.494 e. The third kappa shape index (κ3) is 4.11. The molecular formula is C16H15ClFNO3. The number of ether oxygens (including phenoxy) is 2. The fourth-order valence-corrected chi connectivity index (χ4v) is 1.99. The summed E-state index contributed by atoms with van der Waals surface area (Å²) in [6.45, 7) is 0.534. The zero-order valence-corrected chi connectivity index (χ0v) is 12.7. The van der Waals surface area contributed by atoms with Crippen LogP contribution in [0.1, 0.15) is 10.4 Å². The fourth-order valence-electron chi connectivity index (χ4n) is 1.80. The number of hydrogen-bond acceptors (Lipinski definition) is 3. The average molecular weight is 324 g/mol. The number of rotatable bonds is 6. The first-order valence-electron chi connectivity index (χ1n) is 6.61. The highest BCUT2D eigenvalue weighted by Gasteiger charge is 2.09. The summed E-state index contributed by atoms with van der Waals surface area (Å²) in [5.41, 5.74) is 0.219. The highest BCUT2D eigenvalue weighted by molar-refractivity contribution is 6.32. The quantitative estimate of drug-likeness (QED) is 0.830. The Kier molecular flexibility index (Phi) is 5.61. The van der Waals surface area contributed by atoms with E-state index in [2.05, 4.69) is 5.32 Å². The molecule has 0 heterocycles. The number of amides is 1. The predicted octanol–water partition coefficient (Wildman–Crippen LogP) is 3.30. The van der Waals surface area contributed by atoms with E-state index in [1.54, 1.807) is 24.3 Å². The Morgan fingerprint density at radius 2 is 2.00 bits per heavy atom. The molecule has 116 valence electrons. The molecule has 0 radical (unpaired) electrons. The minimum absolute atomic E-state index is 0.0959. The zero-order chi connectivity index (χ0) is 15.9. The van der Waals surface area contributed by atoms with Crippen LogP contribution in [0.3, 0.4) is 0 Å². The van der Waals surface area contributed by atoms with E-state index in [4.69, 9.17) is 21.1 Å². The molecule has 0 spiro atoms. The van der Waals surface area contributed by atoms with Gasteiger partial charge >= 0.3 is 0 Å². The predicted molar refractivity (Wildman–Crippen MR) is 82.2 cm³/mol. The van der Waals surface area contributed by atoms with Gasteiger partial charge in [-0.3, -0.25) is 4.79 Å². The van der Waals surface area contributed by atoms with Crippen molar-refractivity contribution in [2.45, 2.75) is 0 Å². The Hall–Kier alpha value is -2.27. The molecule has 0 atom stereocenters. The van der Waals surface area contributed by atoms with Crippen LogP contribution in [0.25, 0.3) is 0 Å². The van der Waals surface area contributed by atoms with E-state index in [1.807, 2.05) is 0 Å². The molecule has 1 amide bonds. The molecule has 0 fully saturated rings. The molecular weight excluding hydrogens is 309 g/mol. The number of halogens is 2. The highest BCUT2D eigenvalue weighted by Crippen LogP contribution is 2.22. The number of carbonyl (C=O) groups excluding carboxylic acids is 1. The molecule has 4 nitrogen and oxygen atoms in total. The Labute approximate surface area is 132 Å². The Morgan fingerprint density at radius 3 is 2.68 bits per heavy atom. The van der Waals surface area contributed by atoms with Gasteiger partial charge in [0.15, 0.2) is 11.6 Å². The molecule has 0 saturated carbocycles. The first-order chi connectivity index (χ1) is 10.6. The Morgan fingerprint density at radius 1 is 1.23 bits per heavy atom. The molecule has 0 aliphatic heterocycles. The monoisotopic (exact) mass is 323 g/mol. The summed E-state index contributed by atoms with van der Waals surface area (Å²) < 4.78 is 23.8. The van der Waals surface area contributed by atoms with Crippen LogP contribution in [-0.4, -0.2) is 26.2 Å². The third-order valence-electron chi connectivity index (χ3n) is 2.90. The number of carbonyl (C=O) groups is 1. The van der Waals surface area contributed by atoms with Gasteiger partial charge in [-0.15, -0.1) is 0 Å². The second kappa shape index (κ2) is 7.66. The van der Waals surface area contributed by atoms with Gasteiger partial charge in [0.2, 0.25) is 0 Å². The smallest absolute Gasteiger partial charge is 0.251 e. The van der Waals surface area contributed by atoms with Crippen LogP contribution in [-0.2, 0) is 0 Å². The van der Waals surface area contributed by atoms with Crippen molar-refractivity contribution in [2.75, 3.05) is 20.3 Å². The summed E-state index contributed by atoms with van der Waals surface area (Å²) in [6.07, 6.45) is 0. The summed E-state index contributed by atoms with van der Waals surface area (Å²) in [5.74, 6) is -0.320. The van der Waals surface area contributed by atoms with Gasteiger partial charge in [0.25, 0.3) is 5.91 Å². The number of methoxy groups -OCH3 is 1. The van der Waals surface area contributed by atoms with Crippen LogP contribution in [0, 0.1) is 5.82 Å². The Bertz CT molecular complexity index is 664.